The van der Waals surface area contributed by atoms with E-state index in [-0.39, 0.29) is 12.1 Å². The van der Waals surface area contributed by atoms with Crippen LogP contribution >= 0.6 is 0 Å². The Labute approximate surface area is 142 Å². The second-order valence-corrected chi connectivity index (χ2v) is 10.1. The molecule has 3 heteroatoms. The molecule has 0 aromatic carbocycles. The highest BCUT2D eigenvalue weighted by Gasteiger charge is 2.81. The van der Waals surface area contributed by atoms with E-state index in [0.717, 1.165) is 30.1 Å². The van der Waals surface area contributed by atoms with Crippen molar-refractivity contribution < 1.29 is 14.3 Å². The number of esters is 1. The molecule has 0 unspecified atom stereocenters. The number of carbonyl (C=O) groups excluding carboxylic acids is 2. The summed E-state index contributed by atoms with van der Waals surface area (Å²) in [4.78, 5) is 25.2. The first kappa shape index (κ1) is 13.4. The fourth-order valence-corrected chi connectivity index (χ4v) is 10.4. The second-order valence-electron chi connectivity index (χ2n) is 10.1. The molecule has 7 saturated carbocycles. The van der Waals surface area contributed by atoms with Gasteiger partial charge in [0.2, 0.25) is 0 Å². The number of Topliss-reactive ketones (excluding diaryl/α,β-unsaturated/α-hetero) is 1. The van der Waals surface area contributed by atoms with E-state index >= 15 is 0 Å². The summed E-state index contributed by atoms with van der Waals surface area (Å²) in [6.07, 6.45) is 6.54. The number of hydrogen-bond acceptors (Lipinski definition) is 3. The first-order chi connectivity index (χ1) is 11.7. The van der Waals surface area contributed by atoms with E-state index in [1.54, 1.807) is 6.92 Å². The fourth-order valence-electron chi connectivity index (χ4n) is 10.4. The Kier molecular flexibility index (Phi) is 2.19. The van der Waals surface area contributed by atoms with Crippen molar-refractivity contribution in [3.8, 4) is 0 Å². The number of rotatable bonds is 1. The van der Waals surface area contributed by atoms with E-state index in [1.807, 2.05) is 0 Å². The lowest BCUT2D eigenvalue weighted by Gasteiger charge is -2.31. The molecule has 0 spiro atoms. The number of carbonyl (C=O) groups is 2. The van der Waals surface area contributed by atoms with Crippen LogP contribution in [0.1, 0.15) is 39.0 Å². The molecular formula is C21H26O3. The molecule has 0 bridgehead atoms. The molecule has 24 heavy (non-hydrogen) atoms. The molecule has 0 N–H and O–H groups in total. The van der Waals surface area contributed by atoms with E-state index in [0.29, 0.717) is 53.1 Å². The van der Waals surface area contributed by atoms with Crippen LogP contribution in [0, 0.1) is 71.0 Å². The summed E-state index contributed by atoms with van der Waals surface area (Å²) in [5, 5.41) is 0. The van der Waals surface area contributed by atoms with Gasteiger partial charge in [-0.3, -0.25) is 9.59 Å². The van der Waals surface area contributed by atoms with Gasteiger partial charge in [0.15, 0.2) is 0 Å². The van der Waals surface area contributed by atoms with Crippen LogP contribution in [-0.4, -0.2) is 17.9 Å². The van der Waals surface area contributed by atoms with Gasteiger partial charge < -0.3 is 4.74 Å². The molecule has 0 aromatic rings. The van der Waals surface area contributed by atoms with Crippen molar-refractivity contribution in [3.05, 3.63) is 0 Å². The summed E-state index contributed by atoms with van der Waals surface area (Å²) in [5.41, 5.74) is 0. The molecule has 0 saturated heterocycles. The smallest absolute Gasteiger partial charge is 0.302 e. The maximum Gasteiger partial charge on any atom is 0.302 e. The van der Waals surface area contributed by atoms with E-state index in [9.17, 15) is 9.59 Å². The summed E-state index contributed by atoms with van der Waals surface area (Å²) in [6.45, 7) is 1.60. The number of ether oxygens (including phenoxy) is 1. The number of ketones is 1. The zero-order valence-corrected chi connectivity index (χ0v) is 14.3. The van der Waals surface area contributed by atoms with Crippen molar-refractivity contribution in [2.45, 2.75) is 45.1 Å². The highest BCUT2D eigenvalue weighted by molar-refractivity contribution is 5.88. The van der Waals surface area contributed by atoms with Gasteiger partial charge >= 0.3 is 5.97 Å². The third-order valence-electron chi connectivity index (χ3n) is 10.1. The van der Waals surface area contributed by atoms with Gasteiger partial charge in [0.25, 0.3) is 0 Å². The van der Waals surface area contributed by atoms with Gasteiger partial charge in [-0.25, -0.2) is 0 Å². The average Bonchev–Trinajstić information content (AvgIpc) is 3.27. The topological polar surface area (TPSA) is 43.4 Å². The predicted octanol–water partition coefficient (Wildman–Crippen LogP) is 2.93. The van der Waals surface area contributed by atoms with Gasteiger partial charge in [0.05, 0.1) is 0 Å². The van der Waals surface area contributed by atoms with Crippen LogP contribution in [-0.2, 0) is 14.3 Å². The minimum atomic E-state index is -0.0720. The van der Waals surface area contributed by atoms with Crippen molar-refractivity contribution in [1.29, 1.82) is 0 Å². The van der Waals surface area contributed by atoms with Gasteiger partial charge in [-0.15, -0.1) is 0 Å². The highest BCUT2D eigenvalue weighted by atomic mass is 16.5. The van der Waals surface area contributed by atoms with Gasteiger partial charge in [0, 0.05) is 30.6 Å². The SMILES string of the molecule is CC(=O)O[C@@H]1[C@H]2[C@@H]3CC[C@H]4C(=O)[C@H]5[C@H]([C@@H]2[C@@H]2[C@H]1[C@@H]1CCC[C@@H]1[C@@H]52)[C@H]34. The van der Waals surface area contributed by atoms with Gasteiger partial charge in [-0.05, 0) is 73.0 Å². The van der Waals surface area contributed by atoms with Gasteiger partial charge in [-0.2, -0.15) is 0 Å². The van der Waals surface area contributed by atoms with Crippen LogP contribution in [0.5, 0.6) is 0 Å². The van der Waals surface area contributed by atoms with Crippen LogP contribution in [0.2, 0.25) is 0 Å². The standard InChI is InChI=1S/C21H26O3/c1-7(22)24-21-14-9-4-2-3-8(9)13-17(14)18-15(21)10-5-6-11-12(10)16(18)19(13)20(11)23/h8-19,21H,2-6H2,1H3/t8-,9+,10+,11+,12+,13+,14+,15-,16-,17-,18+,19+,21-/m0/s1. The maximum atomic E-state index is 13.3. The molecule has 0 radical (unpaired) electrons. The maximum absolute atomic E-state index is 13.3. The van der Waals surface area contributed by atoms with Gasteiger partial charge in [-0.1, -0.05) is 6.42 Å². The lowest BCUT2D eigenvalue weighted by molar-refractivity contribution is -0.153. The Hall–Kier alpha value is -0.860. The van der Waals surface area contributed by atoms with Crippen molar-refractivity contribution >= 4 is 11.8 Å². The second kappa shape index (κ2) is 3.94. The molecule has 7 aliphatic rings. The number of hydrogen-bond donors (Lipinski definition) is 0. The number of fused-ring (bicyclic) bond motifs is 5. The van der Waals surface area contributed by atoms with Crippen molar-refractivity contribution in [1.82, 2.24) is 0 Å². The van der Waals surface area contributed by atoms with E-state index in [1.165, 1.54) is 25.7 Å². The van der Waals surface area contributed by atoms with Crippen LogP contribution in [0.3, 0.4) is 0 Å². The first-order valence-corrected chi connectivity index (χ1v) is 10.4. The predicted molar refractivity (Wildman–Crippen MR) is 85.5 cm³/mol. The van der Waals surface area contributed by atoms with E-state index in [2.05, 4.69) is 0 Å². The molecular weight excluding hydrogens is 300 g/mol. The Morgan fingerprint density at radius 1 is 0.833 bits per heavy atom. The van der Waals surface area contributed by atoms with Gasteiger partial charge in [0.1, 0.15) is 11.9 Å². The molecule has 128 valence electrons. The van der Waals surface area contributed by atoms with Crippen molar-refractivity contribution in [3.63, 3.8) is 0 Å². The quantitative estimate of drug-likeness (QED) is 0.696. The van der Waals surface area contributed by atoms with E-state index < -0.39 is 0 Å². The molecule has 7 fully saturated rings. The van der Waals surface area contributed by atoms with Crippen LogP contribution < -0.4 is 0 Å². The normalized spacial score (nSPS) is 66.4. The first-order valence-electron chi connectivity index (χ1n) is 10.4. The fraction of sp³-hybridized carbons (Fsp3) is 0.905. The summed E-state index contributed by atoms with van der Waals surface area (Å²) in [6, 6.07) is 0. The van der Waals surface area contributed by atoms with Crippen LogP contribution in [0.4, 0.5) is 0 Å². The third-order valence-corrected chi connectivity index (χ3v) is 10.1. The molecule has 7 rings (SSSR count). The Morgan fingerprint density at radius 2 is 1.54 bits per heavy atom. The highest BCUT2D eigenvalue weighted by Crippen LogP contribution is 2.81. The molecule has 0 heterocycles. The van der Waals surface area contributed by atoms with Crippen LogP contribution in [0.15, 0.2) is 0 Å². The Morgan fingerprint density at radius 3 is 2.33 bits per heavy atom. The Bertz CT molecular complexity index is 660. The third kappa shape index (κ3) is 1.16. The minimum Gasteiger partial charge on any atom is -0.462 e. The molecule has 0 amide bonds. The average molecular weight is 326 g/mol. The zero-order valence-electron chi connectivity index (χ0n) is 14.3. The summed E-state index contributed by atoms with van der Waals surface area (Å²) in [5.74, 6) is 8.28. The lowest BCUT2D eigenvalue weighted by atomic mass is 9.77. The summed E-state index contributed by atoms with van der Waals surface area (Å²) >= 11 is 0. The van der Waals surface area contributed by atoms with Crippen LogP contribution in [0.25, 0.3) is 0 Å². The summed E-state index contributed by atoms with van der Waals surface area (Å²) in [7, 11) is 0. The van der Waals surface area contributed by atoms with Crippen molar-refractivity contribution in [2.24, 2.45) is 71.0 Å². The molecule has 0 aromatic heterocycles. The zero-order chi connectivity index (χ0) is 15.9. The Balaban J connectivity index is 1.43. The lowest BCUT2D eigenvalue weighted by Crippen LogP contribution is -2.35. The van der Waals surface area contributed by atoms with Crippen molar-refractivity contribution in [2.75, 3.05) is 0 Å². The van der Waals surface area contributed by atoms with E-state index in [4.69, 9.17) is 4.74 Å². The molecule has 3 nitrogen and oxygen atoms in total. The molecule has 7 aliphatic carbocycles. The largest absolute Gasteiger partial charge is 0.462 e. The molecule has 13 atom stereocenters. The monoisotopic (exact) mass is 326 g/mol. The minimum absolute atomic E-state index is 0.0720. The molecule has 0 aliphatic heterocycles. The summed E-state index contributed by atoms with van der Waals surface area (Å²) < 4.78 is 6.08.